The van der Waals surface area contributed by atoms with Crippen molar-refractivity contribution in [3.05, 3.63) is 30.1 Å². The van der Waals surface area contributed by atoms with Crippen LogP contribution in [0.25, 0.3) is 0 Å². The molecule has 1 heterocycles. The van der Waals surface area contributed by atoms with Crippen LogP contribution in [0.3, 0.4) is 0 Å². The Morgan fingerprint density at radius 2 is 2.06 bits per heavy atom. The summed E-state index contributed by atoms with van der Waals surface area (Å²) >= 11 is 0. The molecule has 0 saturated heterocycles. The predicted octanol–water partition coefficient (Wildman–Crippen LogP) is 2.27. The molecule has 84 valence electrons. The van der Waals surface area contributed by atoms with E-state index in [9.17, 15) is 9.59 Å². The summed E-state index contributed by atoms with van der Waals surface area (Å²) in [5, 5.41) is 0. The zero-order valence-corrected chi connectivity index (χ0v) is 9.35. The van der Waals surface area contributed by atoms with E-state index in [-0.39, 0.29) is 11.6 Å². The lowest BCUT2D eigenvalue weighted by molar-refractivity contribution is -0.123. The first kappa shape index (κ1) is 11.0. The number of pyridine rings is 1. The highest BCUT2D eigenvalue weighted by atomic mass is 16.1. The zero-order valence-electron chi connectivity index (χ0n) is 9.35. The van der Waals surface area contributed by atoms with Gasteiger partial charge in [0.25, 0.3) is 0 Å². The Labute approximate surface area is 94.9 Å². The smallest absolute Gasteiger partial charge is 0.173 e. The van der Waals surface area contributed by atoms with Crippen molar-refractivity contribution >= 4 is 11.6 Å². The molecule has 2 unspecified atom stereocenters. The molecule has 1 saturated carbocycles. The molecule has 1 aliphatic rings. The number of carbonyl (C=O) groups excluding carboxylic acids is 2. The molecule has 0 N–H and O–H groups in total. The number of Topliss-reactive ketones (excluding diaryl/α,β-unsaturated/α-hetero) is 2. The number of hydrogen-bond donors (Lipinski definition) is 0. The minimum Gasteiger partial charge on any atom is -0.299 e. The molecule has 0 spiro atoms. The average Bonchev–Trinajstić information content (AvgIpc) is 2.32. The highest BCUT2D eigenvalue weighted by Crippen LogP contribution is 2.28. The van der Waals surface area contributed by atoms with E-state index in [1.807, 2.05) is 0 Å². The monoisotopic (exact) mass is 217 g/mol. The Morgan fingerprint density at radius 1 is 1.38 bits per heavy atom. The van der Waals surface area contributed by atoms with Gasteiger partial charge in [-0.1, -0.05) is 6.92 Å². The maximum absolute atomic E-state index is 12.1. The molecule has 1 aromatic heterocycles. The Kier molecular flexibility index (Phi) is 3.13. The van der Waals surface area contributed by atoms with Crippen molar-refractivity contribution in [3.8, 4) is 0 Å². The van der Waals surface area contributed by atoms with E-state index in [0.29, 0.717) is 24.3 Å². The first-order valence-electron chi connectivity index (χ1n) is 5.65. The summed E-state index contributed by atoms with van der Waals surface area (Å²) < 4.78 is 0. The highest BCUT2D eigenvalue weighted by Gasteiger charge is 2.32. The van der Waals surface area contributed by atoms with Crippen LogP contribution in [-0.2, 0) is 4.79 Å². The molecule has 0 radical (unpaired) electrons. The molecule has 0 aliphatic heterocycles. The minimum absolute atomic E-state index is 0.0426. The number of aromatic nitrogens is 1. The normalized spacial score (nSPS) is 25.4. The lowest BCUT2D eigenvalue weighted by Gasteiger charge is -2.24. The summed E-state index contributed by atoms with van der Waals surface area (Å²) in [7, 11) is 0. The molecule has 16 heavy (non-hydrogen) atoms. The Balaban J connectivity index is 2.18. The van der Waals surface area contributed by atoms with E-state index in [1.54, 1.807) is 24.5 Å². The van der Waals surface area contributed by atoms with Crippen LogP contribution >= 0.6 is 0 Å². The van der Waals surface area contributed by atoms with Gasteiger partial charge in [-0.2, -0.15) is 0 Å². The standard InChI is InChI=1S/C13H15NO2/c1-9-2-3-12(15)11(8-9)13(16)10-4-6-14-7-5-10/h4-7,9,11H,2-3,8H2,1H3. The van der Waals surface area contributed by atoms with Crippen LogP contribution in [0.15, 0.2) is 24.5 Å². The molecule has 2 atom stereocenters. The van der Waals surface area contributed by atoms with Gasteiger partial charge in [0, 0.05) is 24.4 Å². The third kappa shape index (κ3) is 2.18. The third-order valence-corrected chi connectivity index (χ3v) is 3.19. The molecule has 0 amide bonds. The van der Waals surface area contributed by atoms with E-state index in [4.69, 9.17) is 0 Å². The van der Waals surface area contributed by atoms with Crippen LogP contribution in [-0.4, -0.2) is 16.6 Å². The number of hydrogen-bond acceptors (Lipinski definition) is 3. The number of nitrogens with zero attached hydrogens (tertiary/aromatic N) is 1. The fourth-order valence-corrected chi connectivity index (χ4v) is 2.19. The third-order valence-electron chi connectivity index (χ3n) is 3.19. The fraction of sp³-hybridized carbons (Fsp3) is 0.462. The molecule has 1 aliphatic carbocycles. The SMILES string of the molecule is CC1CCC(=O)C(C(=O)c2ccncc2)C1. The topological polar surface area (TPSA) is 47.0 Å². The second-order valence-electron chi connectivity index (χ2n) is 4.50. The van der Waals surface area contributed by atoms with Crippen molar-refractivity contribution in [2.75, 3.05) is 0 Å². The van der Waals surface area contributed by atoms with Gasteiger partial charge >= 0.3 is 0 Å². The second-order valence-corrected chi connectivity index (χ2v) is 4.50. The molecular weight excluding hydrogens is 202 g/mol. The van der Waals surface area contributed by atoms with Crippen molar-refractivity contribution in [1.29, 1.82) is 0 Å². The first-order valence-corrected chi connectivity index (χ1v) is 5.65. The van der Waals surface area contributed by atoms with Crippen molar-refractivity contribution in [1.82, 2.24) is 4.98 Å². The first-order chi connectivity index (χ1) is 7.68. The molecule has 0 bridgehead atoms. The van der Waals surface area contributed by atoms with Crippen LogP contribution < -0.4 is 0 Å². The van der Waals surface area contributed by atoms with Crippen molar-refractivity contribution < 1.29 is 9.59 Å². The Bertz CT molecular complexity index is 400. The number of rotatable bonds is 2. The van der Waals surface area contributed by atoms with Gasteiger partial charge in [-0.15, -0.1) is 0 Å². The summed E-state index contributed by atoms with van der Waals surface area (Å²) in [4.78, 5) is 27.7. The molecule has 2 rings (SSSR count). The molecular formula is C13H15NO2. The molecule has 1 fully saturated rings. The highest BCUT2D eigenvalue weighted by molar-refractivity contribution is 6.10. The van der Waals surface area contributed by atoms with Gasteiger partial charge in [0.05, 0.1) is 5.92 Å². The van der Waals surface area contributed by atoms with E-state index in [1.165, 1.54) is 0 Å². The molecule has 1 aromatic rings. The van der Waals surface area contributed by atoms with Gasteiger partial charge in [-0.25, -0.2) is 0 Å². The van der Waals surface area contributed by atoms with Gasteiger partial charge in [0.15, 0.2) is 5.78 Å². The van der Waals surface area contributed by atoms with Crippen LogP contribution in [0, 0.1) is 11.8 Å². The lowest BCUT2D eigenvalue weighted by atomic mass is 9.78. The van der Waals surface area contributed by atoms with Gasteiger partial charge < -0.3 is 0 Å². The maximum atomic E-state index is 12.1. The van der Waals surface area contributed by atoms with Crippen LogP contribution in [0.2, 0.25) is 0 Å². The van der Waals surface area contributed by atoms with Gasteiger partial charge in [0.2, 0.25) is 0 Å². The van der Waals surface area contributed by atoms with Crippen molar-refractivity contribution in [2.24, 2.45) is 11.8 Å². The Hall–Kier alpha value is -1.51. The van der Waals surface area contributed by atoms with Crippen LogP contribution in [0.1, 0.15) is 36.5 Å². The summed E-state index contributed by atoms with van der Waals surface area (Å²) in [6, 6.07) is 3.35. The van der Waals surface area contributed by atoms with E-state index in [0.717, 1.165) is 6.42 Å². The summed E-state index contributed by atoms with van der Waals surface area (Å²) in [6.45, 7) is 2.10. The van der Waals surface area contributed by atoms with Crippen molar-refractivity contribution in [3.63, 3.8) is 0 Å². The fourth-order valence-electron chi connectivity index (χ4n) is 2.19. The van der Waals surface area contributed by atoms with Crippen LogP contribution in [0.4, 0.5) is 0 Å². The summed E-state index contributed by atoms with van der Waals surface area (Å²) in [5.74, 6) is 0.0958. The lowest BCUT2D eigenvalue weighted by Crippen LogP contribution is -2.30. The zero-order chi connectivity index (χ0) is 11.5. The predicted molar refractivity (Wildman–Crippen MR) is 60.1 cm³/mol. The van der Waals surface area contributed by atoms with E-state index >= 15 is 0 Å². The van der Waals surface area contributed by atoms with Gasteiger partial charge in [-0.05, 0) is 30.9 Å². The maximum Gasteiger partial charge on any atom is 0.173 e. The second kappa shape index (κ2) is 4.56. The van der Waals surface area contributed by atoms with E-state index in [2.05, 4.69) is 11.9 Å². The minimum atomic E-state index is -0.425. The largest absolute Gasteiger partial charge is 0.299 e. The molecule has 0 aromatic carbocycles. The van der Waals surface area contributed by atoms with Gasteiger partial charge in [0.1, 0.15) is 5.78 Å². The number of ketones is 2. The number of carbonyl (C=O) groups is 2. The average molecular weight is 217 g/mol. The van der Waals surface area contributed by atoms with E-state index < -0.39 is 5.92 Å². The quantitative estimate of drug-likeness (QED) is 0.564. The van der Waals surface area contributed by atoms with Gasteiger partial charge in [-0.3, -0.25) is 14.6 Å². The molecule has 3 nitrogen and oxygen atoms in total. The van der Waals surface area contributed by atoms with Crippen molar-refractivity contribution in [2.45, 2.75) is 26.2 Å². The summed E-state index contributed by atoms with van der Waals surface area (Å²) in [5.41, 5.74) is 0.599. The van der Waals surface area contributed by atoms with Crippen LogP contribution in [0.5, 0.6) is 0 Å². The molecule has 3 heteroatoms. The summed E-state index contributed by atoms with van der Waals surface area (Å²) in [6.07, 6.45) is 5.33. The Morgan fingerprint density at radius 3 is 2.75 bits per heavy atom.